The molecule has 1 saturated heterocycles. The molecule has 27 heavy (non-hydrogen) atoms. The predicted octanol–water partition coefficient (Wildman–Crippen LogP) is 4.16. The second-order valence-electron chi connectivity index (χ2n) is 7.36. The molecular formula is C22H24FN3O. The standard InChI is InChI=1S/C22H24FN3O/c23-19-7-5-17(6-8-19)15-18-9-12-25(13-10-18)14-11-22(27)26-16-24-20-3-1-2-4-21(20)26/h1-8,16,18H,9-15H2. The van der Waals surface area contributed by atoms with Crippen LogP contribution >= 0.6 is 0 Å². The third kappa shape index (κ3) is 4.25. The van der Waals surface area contributed by atoms with E-state index >= 15 is 0 Å². The Hall–Kier alpha value is -2.53. The van der Waals surface area contributed by atoms with E-state index in [-0.39, 0.29) is 11.7 Å². The lowest BCUT2D eigenvalue weighted by atomic mass is 9.90. The van der Waals surface area contributed by atoms with Gasteiger partial charge in [-0.25, -0.2) is 9.37 Å². The lowest BCUT2D eigenvalue weighted by Gasteiger charge is -2.31. The molecule has 2 heterocycles. The Morgan fingerprint density at radius 2 is 1.81 bits per heavy atom. The first-order valence-electron chi connectivity index (χ1n) is 9.61. The van der Waals surface area contributed by atoms with Gasteiger partial charge in [0.2, 0.25) is 5.91 Å². The summed E-state index contributed by atoms with van der Waals surface area (Å²) < 4.78 is 14.7. The highest BCUT2D eigenvalue weighted by Crippen LogP contribution is 2.22. The van der Waals surface area contributed by atoms with Crippen molar-refractivity contribution in [3.8, 4) is 0 Å². The molecule has 2 aromatic carbocycles. The number of carbonyl (C=O) groups is 1. The molecule has 4 nitrogen and oxygen atoms in total. The van der Waals surface area contributed by atoms with Crippen molar-refractivity contribution in [2.45, 2.75) is 25.7 Å². The molecule has 1 aromatic heterocycles. The van der Waals surface area contributed by atoms with Crippen molar-refractivity contribution >= 4 is 16.9 Å². The van der Waals surface area contributed by atoms with Gasteiger partial charge in [0, 0.05) is 13.0 Å². The molecule has 1 aliphatic heterocycles. The topological polar surface area (TPSA) is 38.1 Å². The molecule has 0 N–H and O–H groups in total. The molecule has 0 amide bonds. The number of aromatic nitrogens is 2. The van der Waals surface area contributed by atoms with Gasteiger partial charge in [0.25, 0.3) is 0 Å². The first kappa shape index (κ1) is 17.9. The number of carbonyl (C=O) groups excluding carboxylic acids is 1. The quantitative estimate of drug-likeness (QED) is 0.681. The fraction of sp³-hybridized carbons (Fsp3) is 0.364. The van der Waals surface area contributed by atoms with Crippen LogP contribution in [0.15, 0.2) is 54.9 Å². The Morgan fingerprint density at radius 1 is 1.07 bits per heavy atom. The summed E-state index contributed by atoms with van der Waals surface area (Å²) in [6.07, 6.45) is 5.39. The lowest BCUT2D eigenvalue weighted by molar-refractivity contribution is 0.0875. The SMILES string of the molecule is O=C(CCN1CCC(Cc2ccc(F)cc2)CC1)n1cnc2ccccc21. The van der Waals surface area contributed by atoms with Crippen LogP contribution in [0.4, 0.5) is 4.39 Å². The highest BCUT2D eigenvalue weighted by atomic mass is 19.1. The Morgan fingerprint density at radius 3 is 2.59 bits per heavy atom. The summed E-state index contributed by atoms with van der Waals surface area (Å²) in [7, 11) is 0. The predicted molar refractivity (Wildman–Crippen MR) is 104 cm³/mol. The largest absolute Gasteiger partial charge is 0.303 e. The second-order valence-corrected chi connectivity index (χ2v) is 7.36. The van der Waals surface area contributed by atoms with Crippen LogP contribution < -0.4 is 0 Å². The summed E-state index contributed by atoms with van der Waals surface area (Å²) in [6, 6.07) is 14.6. The van der Waals surface area contributed by atoms with Crippen molar-refractivity contribution in [3.63, 3.8) is 0 Å². The number of fused-ring (bicyclic) bond motifs is 1. The highest BCUT2D eigenvalue weighted by molar-refractivity contribution is 5.90. The van der Waals surface area contributed by atoms with Crippen LogP contribution in [0.5, 0.6) is 0 Å². The summed E-state index contributed by atoms with van der Waals surface area (Å²) in [5.74, 6) is 0.557. The molecule has 0 atom stereocenters. The van der Waals surface area contributed by atoms with Crippen molar-refractivity contribution in [2.24, 2.45) is 5.92 Å². The van der Waals surface area contributed by atoms with Crippen LogP contribution in [0.25, 0.3) is 11.0 Å². The minimum absolute atomic E-state index is 0.0946. The first-order chi connectivity index (χ1) is 13.2. The number of imidazole rings is 1. The van der Waals surface area contributed by atoms with E-state index in [1.54, 1.807) is 10.9 Å². The Kier molecular flexibility index (Phi) is 5.30. The van der Waals surface area contributed by atoms with Gasteiger partial charge >= 0.3 is 0 Å². The Balaban J connectivity index is 1.26. The number of likely N-dealkylation sites (tertiary alicyclic amines) is 1. The Bertz CT molecular complexity index is 911. The summed E-state index contributed by atoms with van der Waals surface area (Å²) >= 11 is 0. The van der Waals surface area contributed by atoms with Crippen LogP contribution in [0.2, 0.25) is 0 Å². The van der Waals surface area contributed by atoms with E-state index in [1.807, 2.05) is 36.4 Å². The minimum atomic E-state index is -0.177. The molecule has 0 aliphatic carbocycles. The number of benzene rings is 2. The van der Waals surface area contributed by atoms with E-state index in [0.717, 1.165) is 49.9 Å². The molecule has 0 bridgehead atoms. The lowest BCUT2D eigenvalue weighted by Crippen LogP contribution is -2.36. The molecule has 5 heteroatoms. The van der Waals surface area contributed by atoms with E-state index in [0.29, 0.717) is 12.3 Å². The number of nitrogens with zero attached hydrogens (tertiary/aromatic N) is 3. The van der Waals surface area contributed by atoms with Gasteiger partial charge in [-0.3, -0.25) is 9.36 Å². The van der Waals surface area contributed by atoms with Gasteiger partial charge in [-0.1, -0.05) is 24.3 Å². The highest BCUT2D eigenvalue weighted by Gasteiger charge is 2.20. The molecule has 3 aromatic rings. The third-order valence-corrected chi connectivity index (χ3v) is 5.51. The molecule has 1 fully saturated rings. The van der Waals surface area contributed by atoms with Crippen LogP contribution in [-0.2, 0) is 6.42 Å². The summed E-state index contributed by atoms with van der Waals surface area (Å²) in [5.41, 5.74) is 2.94. The molecule has 0 saturated carbocycles. The molecule has 0 unspecified atom stereocenters. The van der Waals surface area contributed by atoms with Crippen molar-refractivity contribution in [2.75, 3.05) is 19.6 Å². The van der Waals surface area contributed by atoms with Gasteiger partial charge < -0.3 is 4.90 Å². The molecule has 4 rings (SSSR count). The second kappa shape index (κ2) is 8.01. The molecule has 140 valence electrons. The van der Waals surface area contributed by atoms with E-state index in [1.165, 1.54) is 17.7 Å². The van der Waals surface area contributed by atoms with E-state index in [4.69, 9.17) is 0 Å². The Labute approximate surface area is 158 Å². The van der Waals surface area contributed by atoms with Crippen LogP contribution in [0.1, 0.15) is 29.6 Å². The average Bonchev–Trinajstić information content (AvgIpc) is 3.13. The minimum Gasteiger partial charge on any atom is -0.303 e. The van der Waals surface area contributed by atoms with Crippen molar-refractivity contribution < 1.29 is 9.18 Å². The maximum atomic E-state index is 13.0. The number of piperidine rings is 1. The zero-order valence-corrected chi connectivity index (χ0v) is 15.4. The zero-order chi connectivity index (χ0) is 18.6. The number of rotatable bonds is 5. The maximum absolute atomic E-state index is 13.0. The smallest absolute Gasteiger partial charge is 0.233 e. The summed E-state index contributed by atoms with van der Waals surface area (Å²) in [4.78, 5) is 19.2. The molecule has 0 radical (unpaired) electrons. The number of halogens is 1. The van der Waals surface area contributed by atoms with Gasteiger partial charge in [0.1, 0.15) is 12.1 Å². The zero-order valence-electron chi connectivity index (χ0n) is 15.4. The van der Waals surface area contributed by atoms with Crippen LogP contribution in [-0.4, -0.2) is 40.0 Å². The van der Waals surface area contributed by atoms with Crippen molar-refractivity contribution in [1.82, 2.24) is 14.5 Å². The summed E-state index contributed by atoms with van der Waals surface area (Å²) in [5, 5.41) is 0. The van der Waals surface area contributed by atoms with Crippen LogP contribution in [0, 0.1) is 11.7 Å². The van der Waals surface area contributed by atoms with Gasteiger partial charge in [0.15, 0.2) is 0 Å². The normalized spacial score (nSPS) is 16.0. The average molecular weight is 365 g/mol. The molecule has 1 aliphatic rings. The van der Waals surface area contributed by atoms with Crippen LogP contribution in [0.3, 0.4) is 0 Å². The molecular weight excluding hydrogens is 341 g/mol. The van der Waals surface area contributed by atoms with Gasteiger partial charge in [-0.2, -0.15) is 0 Å². The fourth-order valence-electron chi connectivity index (χ4n) is 3.90. The number of hydrogen-bond acceptors (Lipinski definition) is 3. The fourth-order valence-corrected chi connectivity index (χ4v) is 3.90. The van der Waals surface area contributed by atoms with Gasteiger partial charge in [-0.05, 0) is 68.1 Å². The van der Waals surface area contributed by atoms with Crippen molar-refractivity contribution in [1.29, 1.82) is 0 Å². The van der Waals surface area contributed by atoms with Gasteiger partial charge in [-0.15, -0.1) is 0 Å². The maximum Gasteiger partial charge on any atom is 0.233 e. The third-order valence-electron chi connectivity index (χ3n) is 5.51. The summed E-state index contributed by atoms with van der Waals surface area (Å²) in [6.45, 7) is 2.82. The first-order valence-corrected chi connectivity index (χ1v) is 9.61. The monoisotopic (exact) mass is 365 g/mol. The van der Waals surface area contributed by atoms with Gasteiger partial charge in [0.05, 0.1) is 11.0 Å². The number of hydrogen-bond donors (Lipinski definition) is 0. The van der Waals surface area contributed by atoms with Crippen molar-refractivity contribution in [3.05, 3.63) is 66.2 Å². The van der Waals surface area contributed by atoms with E-state index in [9.17, 15) is 9.18 Å². The van der Waals surface area contributed by atoms with E-state index < -0.39 is 0 Å². The van der Waals surface area contributed by atoms with E-state index in [2.05, 4.69) is 9.88 Å². The number of para-hydroxylation sites is 2. The molecule has 0 spiro atoms.